The van der Waals surface area contributed by atoms with E-state index in [0.29, 0.717) is 18.3 Å². The van der Waals surface area contributed by atoms with Gasteiger partial charge in [-0.05, 0) is 85.0 Å². The van der Waals surface area contributed by atoms with Crippen LogP contribution in [0.2, 0.25) is 0 Å². The van der Waals surface area contributed by atoms with Crippen LogP contribution in [0.4, 0.5) is 23.3 Å². The molecule has 0 amide bonds. The molecule has 1 aromatic heterocycles. The first-order valence-corrected chi connectivity index (χ1v) is 29.7. The first-order chi connectivity index (χ1) is 34.1. The lowest BCUT2D eigenvalue weighted by molar-refractivity contribution is 0.544. The van der Waals surface area contributed by atoms with Gasteiger partial charge in [0, 0.05) is 17.8 Å². The molecule has 0 atom stereocenters. The number of aromatic nitrogens is 3. The van der Waals surface area contributed by atoms with E-state index in [2.05, 4.69) is 104 Å². The minimum Gasteiger partial charge on any atom is -0.324 e. The van der Waals surface area contributed by atoms with Gasteiger partial charge in [0.25, 0.3) is 0 Å². The maximum Gasteiger partial charge on any atom is 0.232 e. The second-order valence-corrected chi connectivity index (χ2v) is 21.0. The number of hydrogen-bond acceptors (Lipinski definition) is 5. The van der Waals surface area contributed by atoms with E-state index in [1.807, 2.05) is 0 Å². The molecule has 0 radical (unpaired) electrons. The third-order valence-corrected chi connectivity index (χ3v) is 14.4. The smallest absolute Gasteiger partial charge is 0.232 e. The van der Waals surface area contributed by atoms with Gasteiger partial charge < -0.3 is 10.6 Å². The number of aryl methyl sites for hydroxylation is 3. The van der Waals surface area contributed by atoms with E-state index in [4.69, 9.17) is 15.0 Å². The van der Waals surface area contributed by atoms with E-state index < -0.39 is 0 Å². The number of nitrogens with zero attached hydrogens (tertiary/aromatic N) is 3. The molecule has 0 saturated carbocycles. The zero-order valence-corrected chi connectivity index (χ0v) is 45.1. The molecule has 0 fully saturated rings. The topological polar surface area (TPSA) is 62.7 Å². The Morgan fingerprint density at radius 3 is 0.768 bits per heavy atom. The number of anilines is 4. The van der Waals surface area contributed by atoms with Crippen molar-refractivity contribution in [2.24, 2.45) is 0 Å². The highest BCUT2D eigenvalue weighted by Gasteiger charge is 2.10. The molecule has 0 aliphatic rings. The van der Waals surface area contributed by atoms with Gasteiger partial charge in [-0.2, -0.15) is 15.0 Å². The van der Waals surface area contributed by atoms with Crippen LogP contribution in [0.25, 0.3) is 0 Å². The van der Waals surface area contributed by atoms with Crippen LogP contribution in [0.5, 0.6) is 0 Å². The molecule has 4 aromatic rings. The number of benzene rings is 3. The van der Waals surface area contributed by atoms with Crippen molar-refractivity contribution in [1.82, 2.24) is 15.0 Å². The van der Waals surface area contributed by atoms with Gasteiger partial charge in [-0.1, -0.05) is 281 Å². The van der Waals surface area contributed by atoms with E-state index >= 15 is 0 Å². The van der Waals surface area contributed by atoms with Crippen LogP contribution >= 0.6 is 0 Å². The van der Waals surface area contributed by atoms with Gasteiger partial charge in [-0.15, -0.1) is 0 Å². The summed E-state index contributed by atoms with van der Waals surface area (Å²) in [5.41, 5.74) is 7.45. The molecule has 69 heavy (non-hydrogen) atoms. The molecule has 2 N–H and O–H groups in total. The molecule has 1 heterocycles. The van der Waals surface area contributed by atoms with Gasteiger partial charge in [0.2, 0.25) is 11.9 Å². The van der Waals surface area contributed by atoms with Gasteiger partial charge >= 0.3 is 0 Å². The predicted molar refractivity (Wildman–Crippen MR) is 303 cm³/mol. The van der Waals surface area contributed by atoms with Crippen molar-refractivity contribution in [3.8, 4) is 0 Å². The highest BCUT2D eigenvalue weighted by Crippen LogP contribution is 2.23. The zero-order chi connectivity index (χ0) is 48.5. The summed E-state index contributed by atoms with van der Waals surface area (Å²) < 4.78 is 0. The summed E-state index contributed by atoms with van der Waals surface area (Å²) >= 11 is 0. The van der Waals surface area contributed by atoms with Crippen LogP contribution in [-0.2, 0) is 25.7 Å². The molecule has 5 nitrogen and oxygen atoms in total. The Bertz CT molecular complexity index is 1550. The van der Waals surface area contributed by atoms with Gasteiger partial charge in [0.15, 0.2) is 0 Å². The predicted octanol–water partition coefficient (Wildman–Crippen LogP) is 20.7. The lowest BCUT2D eigenvalue weighted by atomic mass is 10.0. The first-order valence-electron chi connectivity index (χ1n) is 29.7. The standard InChI is InChI=1S/C64H103N5/c1-4-7-10-13-16-19-22-25-28-31-34-37-40-56-43-45-59(46-44-56)55-62-67-63(65-60-51-47-57(48-52-60)41-38-35-32-29-26-23-20-17-14-11-8-5-2)69-64(68-62)66-61-53-49-58(50-54-61)42-39-36-33-30-27-24-21-18-15-12-9-6-3/h43-54H,4-42,55H2,1-3H3,(H2,65,66,67,68,69). The van der Waals surface area contributed by atoms with Crippen LogP contribution in [0.15, 0.2) is 72.8 Å². The van der Waals surface area contributed by atoms with Crippen molar-refractivity contribution >= 4 is 23.3 Å². The second kappa shape index (κ2) is 39.9. The number of unbranched alkanes of at least 4 members (excludes halogenated alkanes) is 33. The van der Waals surface area contributed by atoms with Crippen LogP contribution in [0.3, 0.4) is 0 Å². The Morgan fingerprint density at radius 1 is 0.261 bits per heavy atom. The monoisotopic (exact) mass is 942 g/mol. The summed E-state index contributed by atoms with van der Waals surface area (Å²) in [7, 11) is 0. The van der Waals surface area contributed by atoms with Crippen LogP contribution in [0.1, 0.15) is 280 Å². The fourth-order valence-corrected chi connectivity index (χ4v) is 9.90. The van der Waals surface area contributed by atoms with Crippen LogP contribution in [-0.4, -0.2) is 15.0 Å². The Balaban J connectivity index is 1.24. The van der Waals surface area contributed by atoms with Gasteiger partial charge in [-0.3, -0.25) is 0 Å². The molecular formula is C64H103N5. The van der Waals surface area contributed by atoms with Crippen molar-refractivity contribution in [2.75, 3.05) is 10.6 Å². The highest BCUT2D eigenvalue weighted by molar-refractivity contribution is 5.58. The Hall–Kier alpha value is -3.73. The number of nitrogens with one attached hydrogen (secondary N) is 2. The zero-order valence-electron chi connectivity index (χ0n) is 45.1. The van der Waals surface area contributed by atoms with Crippen molar-refractivity contribution in [1.29, 1.82) is 0 Å². The number of rotatable bonds is 45. The fourth-order valence-electron chi connectivity index (χ4n) is 9.90. The molecular weight excluding hydrogens is 839 g/mol. The summed E-state index contributed by atoms with van der Waals surface area (Å²) in [6, 6.07) is 26.9. The van der Waals surface area contributed by atoms with Crippen molar-refractivity contribution < 1.29 is 0 Å². The molecule has 0 bridgehead atoms. The van der Waals surface area contributed by atoms with Crippen molar-refractivity contribution in [3.63, 3.8) is 0 Å². The molecule has 0 aliphatic heterocycles. The average molecular weight is 943 g/mol. The maximum absolute atomic E-state index is 4.96. The lowest BCUT2D eigenvalue weighted by Gasteiger charge is -2.12. The minimum atomic E-state index is 0.573. The molecule has 0 spiro atoms. The SMILES string of the molecule is CCCCCCCCCCCCCCc1ccc(Cc2nc(Nc3ccc(CCCCCCCCCCCCCC)cc3)nc(Nc3ccc(CCCCCCCCCCCCCC)cc3)n2)cc1. The molecule has 0 unspecified atom stereocenters. The summed E-state index contributed by atoms with van der Waals surface area (Å²) in [5, 5.41) is 7.06. The second-order valence-electron chi connectivity index (χ2n) is 21.0. The Labute approximate surface area is 425 Å². The fraction of sp³-hybridized carbons (Fsp3) is 0.672. The molecule has 0 aliphatic carbocycles. The number of hydrogen-bond donors (Lipinski definition) is 2. The van der Waals surface area contributed by atoms with Gasteiger partial charge in [-0.25, -0.2) is 0 Å². The normalized spacial score (nSPS) is 11.4. The first kappa shape index (κ1) is 57.8. The van der Waals surface area contributed by atoms with Crippen molar-refractivity contribution in [3.05, 3.63) is 101 Å². The molecule has 0 saturated heterocycles. The van der Waals surface area contributed by atoms with Crippen LogP contribution < -0.4 is 10.6 Å². The molecule has 384 valence electrons. The molecule has 5 heteroatoms. The molecule has 4 rings (SSSR count). The average Bonchev–Trinajstić information content (AvgIpc) is 3.36. The summed E-state index contributed by atoms with van der Waals surface area (Å²) in [6.07, 6.45) is 54.0. The van der Waals surface area contributed by atoms with E-state index in [1.165, 1.54) is 253 Å². The summed E-state index contributed by atoms with van der Waals surface area (Å²) in [5.74, 6) is 1.91. The third kappa shape index (κ3) is 29.3. The summed E-state index contributed by atoms with van der Waals surface area (Å²) in [4.78, 5) is 14.8. The van der Waals surface area contributed by atoms with Crippen LogP contribution in [0, 0.1) is 0 Å². The third-order valence-electron chi connectivity index (χ3n) is 14.4. The van der Waals surface area contributed by atoms with E-state index in [1.54, 1.807) is 0 Å². The Morgan fingerprint density at radius 2 is 0.493 bits per heavy atom. The highest BCUT2D eigenvalue weighted by atomic mass is 15.2. The van der Waals surface area contributed by atoms with Gasteiger partial charge in [0.1, 0.15) is 5.82 Å². The quantitative estimate of drug-likeness (QED) is 0.0432. The van der Waals surface area contributed by atoms with E-state index in [-0.39, 0.29) is 0 Å². The maximum atomic E-state index is 4.96. The van der Waals surface area contributed by atoms with E-state index in [0.717, 1.165) is 36.5 Å². The largest absolute Gasteiger partial charge is 0.324 e. The lowest BCUT2D eigenvalue weighted by Crippen LogP contribution is -2.08. The molecule has 3 aromatic carbocycles. The van der Waals surface area contributed by atoms with E-state index in [9.17, 15) is 0 Å². The van der Waals surface area contributed by atoms with Crippen molar-refractivity contribution in [2.45, 2.75) is 278 Å². The summed E-state index contributed by atoms with van der Waals surface area (Å²) in [6.45, 7) is 6.90. The minimum absolute atomic E-state index is 0.573. The van der Waals surface area contributed by atoms with Gasteiger partial charge in [0.05, 0.1) is 0 Å². The Kier molecular flexibility index (Phi) is 33.5.